The van der Waals surface area contributed by atoms with Crippen LogP contribution in [0.2, 0.25) is 0 Å². The van der Waals surface area contributed by atoms with Crippen LogP contribution in [-0.2, 0) is 0 Å². The van der Waals surface area contributed by atoms with Gasteiger partial charge in [0.05, 0.1) is 0 Å². The predicted molar refractivity (Wildman–Crippen MR) is 33.0 cm³/mol. The Kier molecular flexibility index (Phi) is 3.26. The van der Waals surface area contributed by atoms with Crippen molar-refractivity contribution in [3.63, 3.8) is 0 Å². The zero-order valence-electron chi connectivity index (χ0n) is 4.41. The molecule has 0 saturated heterocycles. The molecule has 0 aromatic heterocycles. The zero-order valence-corrected chi connectivity index (χ0v) is 6.00. The number of halogens is 2. The van der Waals surface area contributed by atoms with Gasteiger partial charge in [-0.1, -0.05) is 13.8 Å². The van der Waals surface area contributed by atoms with Gasteiger partial charge in [-0.3, -0.25) is 0 Å². The Hall–Kier alpha value is 0.150. The molecule has 0 amide bonds. The lowest BCUT2D eigenvalue weighted by molar-refractivity contribution is 0.680. The maximum atomic E-state index is 11.7. The van der Waals surface area contributed by atoms with Crippen molar-refractivity contribution < 1.29 is 4.39 Å². The fourth-order valence-corrected chi connectivity index (χ4v) is 0.781. The molecule has 7 heavy (non-hydrogen) atoms. The molecule has 0 rings (SSSR count). The van der Waals surface area contributed by atoms with Crippen molar-refractivity contribution in [2.45, 2.75) is 13.8 Å². The minimum Gasteiger partial charge on any atom is -0.199 e. The van der Waals surface area contributed by atoms with Gasteiger partial charge in [0.15, 0.2) is 4.74 Å². The van der Waals surface area contributed by atoms with E-state index in [9.17, 15) is 4.39 Å². The maximum absolute atomic E-state index is 11.7. The lowest BCUT2D eigenvalue weighted by Crippen LogP contribution is -1.75. The van der Waals surface area contributed by atoms with Gasteiger partial charge in [0, 0.05) is 0 Å². The van der Waals surface area contributed by atoms with Gasteiger partial charge < -0.3 is 0 Å². The van der Waals surface area contributed by atoms with Crippen molar-refractivity contribution in [3.8, 4) is 0 Å². The number of rotatable bonds is 1. The first-order valence-electron chi connectivity index (χ1n) is 2.15. The highest BCUT2D eigenvalue weighted by molar-refractivity contribution is 9.11. The van der Waals surface area contributed by atoms with Crippen LogP contribution < -0.4 is 0 Å². The summed E-state index contributed by atoms with van der Waals surface area (Å²) in [5, 5.41) is 0. The molecule has 0 aromatic rings. The third-order valence-corrected chi connectivity index (χ3v) is 0.724. The fraction of sp³-hybridized carbons (Fsp3) is 0.600. The van der Waals surface area contributed by atoms with Gasteiger partial charge in [-0.15, -0.1) is 0 Å². The Morgan fingerprint density at radius 1 is 1.71 bits per heavy atom. The van der Waals surface area contributed by atoms with Crippen LogP contribution in [0.25, 0.3) is 0 Å². The van der Waals surface area contributed by atoms with Crippen LogP contribution in [0.5, 0.6) is 0 Å². The SMILES string of the molecule is CC(C)/C=C(\F)Br. The molecule has 0 fully saturated rings. The van der Waals surface area contributed by atoms with Gasteiger partial charge in [-0.25, -0.2) is 0 Å². The maximum Gasteiger partial charge on any atom is 0.161 e. The Bertz CT molecular complexity index is 72.1. The molecule has 2 heteroatoms. The second-order valence-corrected chi connectivity index (χ2v) is 2.46. The molecular formula is C5H8BrF. The summed E-state index contributed by atoms with van der Waals surface area (Å²) in [5.41, 5.74) is 0. The summed E-state index contributed by atoms with van der Waals surface area (Å²) >= 11 is 2.67. The van der Waals surface area contributed by atoms with Crippen LogP contribution in [-0.4, -0.2) is 0 Å². The summed E-state index contributed by atoms with van der Waals surface area (Å²) < 4.78 is 11.5. The highest BCUT2D eigenvalue weighted by Crippen LogP contribution is 2.08. The molecule has 42 valence electrons. The van der Waals surface area contributed by atoms with Gasteiger partial charge in [0.25, 0.3) is 0 Å². The van der Waals surface area contributed by atoms with E-state index in [0.717, 1.165) is 0 Å². The molecule has 0 radical (unpaired) electrons. The van der Waals surface area contributed by atoms with Crippen LogP contribution in [0.15, 0.2) is 10.8 Å². The topological polar surface area (TPSA) is 0 Å². The van der Waals surface area contributed by atoms with Crippen LogP contribution in [0.3, 0.4) is 0 Å². The molecular weight excluding hydrogens is 159 g/mol. The molecule has 0 heterocycles. The first kappa shape index (κ1) is 7.15. The first-order chi connectivity index (χ1) is 3.13. The average molecular weight is 167 g/mol. The Morgan fingerprint density at radius 3 is 2.14 bits per heavy atom. The van der Waals surface area contributed by atoms with Crippen molar-refractivity contribution in [1.82, 2.24) is 0 Å². The summed E-state index contributed by atoms with van der Waals surface area (Å²) in [6.07, 6.45) is 1.50. The van der Waals surface area contributed by atoms with E-state index >= 15 is 0 Å². The molecule has 0 aliphatic carbocycles. The van der Waals surface area contributed by atoms with Gasteiger partial charge in [0.1, 0.15) is 0 Å². The minimum atomic E-state index is -0.275. The molecule has 0 aliphatic heterocycles. The molecule has 0 spiro atoms. The summed E-state index contributed by atoms with van der Waals surface area (Å²) in [6.45, 7) is 3.84. The van der Waals surface area contributed by atoms with Crippen LogP contribution >= 0.6 is 15.9 Å². The molecule has 0 saturated carbocycles. The van der Waals surface area contributed by atoms with E-state index in [0.29, 0.717) is 5.92 Å². The standard InChI is InChI=1S/C5H8BrF/c1-4(2)3-5(6)7/h3-4H,1-2H3/b5-3-. The lowest BCUT2D eigenvalue weighted by Gasteiger charge is -1.89. The second kappa shape index (κ2) is 3.19. The van der Waals surface area contributed by atoms with Gasteiger partial charge in [-0.05, 0) is 27.9 Å². The van der Waals surface area contributed by atoms with E-state index in [-0.39, 0.29) is 4.74 Å². The molecule has 0 atom stereocenters. The highest BCUT2D eigenvalue weighted by Gasteiger charge is 1.87. The van der Waals surface area contributed by atoms with Crippen molar-refractivity contribution >= 4 is 15.9 Å². The summed E-state index contributed by atoms with van der Waals surface area (Å²) in [4.78, 5) is 0. The van der Waals surface area contributed by atoms with E-state index < -0.39 is 0 Å². The molecule has 0 aromatic carbocycles. The van der Waals surface area contributed by atoms with Gasteiger partial charge in [-0.2, -0.15) is 4.39 Å². The molecule has 0 bridgehead atoms. The van der Waals surface area contributed by atoms with Crippen molar-refractivity contribution in [2.24, 2.45) is 5.92 Å². The molecule has 0 aliphatic rings. The highest BCUT2D eigenvalue weighted by atomic mass is 79.9. The van der Waals surface area contributed by atoms with Crippen molar-refractivity contribution in [1.29, 1.82) is 0 Å². The molecule has 0 nitrogen and oxygen atoms in total. The Labute approximate surface area is 51.5 Å². The largest absolute Gasteiger partial charge is 0.199 e. The first-order valence-corrected chi connectivity index (χ1v) is 2.95. The fourth-order valence-electron chi connectivity index (χ4n) is 0.252. The zero-order chi connectivity index (χ0) is 5.86. The second-order valence-electron chi connectivity index (χ2n) is 1.70. The molecule has 0 unspecified atom stereocenters. The van der Waals surface area contributed by atoms with Crippen molar-refractivity contribution in [2.75, 3.05) is 0 Å². The normalized spacial score (nSPS) is 13.0. The third kappa shape index (κ3) is 6.15. The van der Waals surface area contributed by atoms with Crippen molar-refractivity contribution in [3.05, 3.63) is 10.8 Å². The average Bonchev–Trinajstić information content (AvgIpc) is 1.27. The molecule has 0 N–H and O–H groups in total. The van der Waals surface area contributed by atoms with E-state index in [4.69, 9.17) is 0 Å². The number of allylic oxidation sites excluding steroid dienone is 1. The van der Waals surface area contributed by atoms with E-state index in [2.05, 4.69) is 15.9 Å². The quantitative estimate of drug-likeness (QED) is 0.563. The van der Waals surface area contributed by atoms with Gasteiger partial charge >= 0.3 is 0 Å². The van der Waals surface area contributed by atoms with E-state index in [1.165, 1.54) is 6.08 Å². The van der Waals surface area contributed by atoms with Crippen LogP contribution in [0, 0.1) is 5.92 Å². The summed E-state index contributed by atoms with van der Waals surface area (Å²) in [5.74, 6) is 0.291. The monoisotopic (exact) mass is 166 g/mol. The third-order valence-electron chi connectivity index (χ3n) is 0.459. The summed E-state index contributed by atoms with van der Waals surface area (Å²) in [7, 11) is 0. The predicted octanol–water partition coefficient (Wildman–Crippen LogP) is 2.85. The Morgan fingerprint density at radius 2 is 2.14 bits per heavy atom. The van der Waals surface area contributed by atoms with Crippen LogP contribution in [0.4, 0.5) is 4.39 Å². The van der Waals surface area contributed by atoms with Gasteiger partial charge in [0.2, 0.25) is 0 Å². The lowest BCUT2D eigenvalue weighted by atomic mass is 10.2. The smallest absolute Gasteiger partial charge is 0.161 e. The van der Waals surface area contributed by atoms with Crippen LogP contribution in [0.1, 0.15) is 13.8 Å². The minimum absolute atomic E-state index is 0.275. The Balaban J connectivity index is 3.45. The van der Waals surface area contributed by atoms with E-state index in [1.807, 2.05) is 13.8 Å². The van der Waals surface area contributed by atoms with E-state index in [1.54, 1.807) is 0 Å². The summed E-state index contributed by atoms with van der Waals surface area (Å²) in [6, 6.07) is 0. The number of hydrogen-bond donors (Lipinski definition) is 0. The number of hydrogen-bond acceptors (Lipinski definition) is 0.